The number of hydrazone groups is 1. The van der Waals surface area contributed by atoms with Crippen LogP contribution in [0.5, 0.6) is 0 Å². The number of amides is 1. The molecule has 31 heavy (non-hydrogen) atoms. The van der Waals surface area contributed by atoms with Gasteiger partial charge in [-0.05, 0) is 48.4 Å². The minimum Gasteiger partial charge on any atom is -0.378 e. The number of rotatable bonds is 6. The van der Waals surface area contributed by atoms with Crippen LogP contribution in [0.1, 0.15) is 41.0 Å². The zero-order valence-electron chi connectivity index (χ0n) is 16.3. The number of nitrogens with two attached hydrogens (primary N) is 1. The minimum absolute atomic E-state index is 0.0140. The van der Waals surface area contributed by atoms with E-state index in [1.807, 2.05) is 0 Å². The summed E-state index contributed by atoms with van der Waals surface area (Å²) in [6.45, 7) is 2.31. The molecule has 0 radical (unpaired) electrons. The Morgan fingerprint density at radius 1 is 1.26 bits per heavy atom. The molecule has 3 heterocycles. The molecule has 3 N–H and O–H groups in total. The number of carbonyl (C=O) groups excluding carboxylic acids is 1. The maximum atomic E-state index is 13.0. The van der Waals surface area contributed by atoms with Gasteiger partial charge in [-0.25, -0.2) is 10.1 Å². The van der Waals surface area contributed by atoms with Crippen molar-refractivity contribution < 1.29 is 9.42 Å². The third-order valence-corrected chi connectivity index (χ3v) is 5.37. The van der Waals surface area contributed by atoms with Crippen molar-refractivity contribution in [2.24, 2.45) is 5.10 Å². The quantitative estimate of drug-likeness (QED) is 0.418. The maximum Gasteiger partial charge on any atom is 0.292 e. The summed E-state index contributed by atoms with van der Waals surface area (Å²) in [5, 5.41) is 20.4. The number of anilines is 1. The first-order valence-electron chi connectivity index (χ1n) is 9.56. The first-order chi connectivity index (χ1) is 15.0. The lowest BCUT2D eigenvalue weighted by Gasteiger charge is -2.25. The van der Waals surface area contributed by atoms with Crippen molar-refractivity contribution >= 4 is 41.1 Å². The number of hydrogen-bond donors (Lipinski definition) is 2. The standard InChI is InChI=1S/C18H19Cl2N9O2/c19-12-5-4-11(13(20)8-12)9-22-24-18(30)15-14(10-28-6-2-1-3-7-28)23-27-29(15)17-16(21)25-31-26-17/h4-5,8-9H,1-3,6-7,10H2,(H2,21,25)(H,24,30)/b22-9-. The van der Waals surface area contributed by atoms with Crippen LogP contribution in [0.4, 0.5) is 5.82 Å². The Morgan fingerprint density at radius 2 is 2.06 bits per heavy atom. The van der Waals surface area contributed by atoms with E-state index in [1.54, 1.807) is 18.2 Å². The number of benzene rings is 1. The third kappa shape index (κ3) is 4.84. The van der Waals surface area contributed by atoms with Gasteiger partial charge in [0.05, 0.1) is 11.2 Å². The van der Waals surface area contributed by atoms with Gasteiger partial charge in [-0.2, -0.15) is 9.78 Å². The first-order valence-corrected chi connectivity index (χ1v) is 10.3. The van der Waals surface area contributed by atoms with Gasteiger partial charge in [0.15, 0.2) is 5.69 Å². The van der Waals surface area contributed by atoms with Gasteiger partial charge in [0.1, 0.15) is 5.69 Å². The van der Waals surface area contributed by atoms with Gasteiger partial charge < -0.3 is 5.73 Å². The Labute approximate surface area is 187 Å². The summed E-state index contributed by atoms with van der Waals surface area (Å²) >= 11 is 12.0. The zero-order chi connectivity index (χ0) is 21.8. The van der Waals surface area contributed by atoms with Crippen LogP contribution < -0.4 is 11.2 Å². The zero-order valence-corrected chi connectivity index (χ0v) is 17.8. The van der Waals surface area contributed by atoms with E-state index >= 15 is 0 Å². The largest absolute Gasteiger partial charge is 0.378 e. The molecule has 1 aromatic carbocycles. The van der Waals surface area contributed by atoms with Crippen LogP contribution in [0.2, 0.25) is 10.0 Å². The van der Waals surface area contributed by atoms with Gasteiger partial charge in [0.2, 0.25) is 11.6 Å². The summed E-state index contributed by atoms with van der Waals surface area (Å²) in [4.78, 5) is 15.2. The van der Waals surface area contributed by atoms with E-state index in [-0.39, 0.29) is 17.3 Å². The molecule has 0 bridgehead atoms. The van der Waals surface area contributed by atoms with Crippen LogP contribution in [0.25, 0.3) is 5.82 Å². The lowest BCUT2D eigenvalue weighted by atomic mass is 10.1. The summed E-state index contributed by atoms with van der Waals surface area (Å²) in [6.07, 6.45) is 4.81. The van der Waals surface area contributed by atoms with Crippen molar-refractivity contribution in [3.63, 3.8) is 0 Å². The average Bonchev–Trinajstić information content (AvgIpc) is 3.36. The highest BCUT2D eigenvalue weighted by Crippen LogP contribution is 2.20. The molecule has 1 saturated heterocycles. The van der Waals surface area contributed by atoms with Crippen LogP contribution in [-0.4, -0.2) is 55.4 Å². The molecule has 162 valence electrons. The van der Waals surface area contributed by atoms with Crippen molar-refractivity contribution in [1.29, 1.82) is 0 Å². The van der Waals surface area contributed by atoms with Gasteiger partial charge in [0.25, 0.3) is 5.91 Å². The predicted molar refractivity (Wildman–Crippen MR) is 114 cm³/mol. The molecule has 4 rings (SSSR count). The maximum absolute atomic E-state index is 13.0. The molecule has 1 amide bonds. The highest BCUT2D eigenvalue weighted by Gasteiger charge is 2.26. The predicted octanol–water partition coefficient (Wildman–Crippen LogP) is 2.29. The van der Waals surface area contributed by atoms with Crippen molar-refractivity contribution in [3.8, 4) is 5.82 Å². The van der Waals surface area contributed by atoms with Crippen LogP contribution in [0.15, 0.2) is 27.9 Å². The highest BCUT2D eigenvalue weighted by atomic mass is 35.5. The summed E-state index contributed by atoms with van der Waals surface area (Å²) in [5.74, 6) is -0.479. The Hall–Kier alpha value is -3.02. The van der Waals surface area contributed by atoms with E-state index in [0.29, 0.717) is 27.8 Å². The molecule has 0 atom stereocenters. The number of nitrogens with one attached hydrogen (secondary N) is 1. The summed E-state index contributed by atoms with van der Waals surface area (Å²) in [5.41, 5.74) is 9.47. The second-order valence-electron chi connectivity index (χ2n) is 6.97. The Balaban J connectivity index is 1.59. The van der Waals surface area contributed by atoms with Gasteiger partial charge in [0, 0.05) is 17.1 Å². The van der Waals surface area contributed by atoms with E-state index in [9.17, 15) is 4.79 Å². The van der Waals surface area contributed by atoms with Crippen molar-refractivity contribution in [1.82, 2.24) is 35.6 Å². The van der Waals surface area contributed by atoms with Crippen molar-refractivity contribution in [3.05, 3.63) is 45.2 Å². The highest BCUT2D eigenvalue weighted by molar-refractivity contribution is 6.36. The fourth-order valence-corrected chi connectivity index (χ4v) is 3.74. The minimum atomic E-state index is -0.541. The van der Waals surface area contributed by atoms with Gasteiger partial charge >= 0.3 is 0 Å². The van der Waals surface area contributed by atoms with E-state index in [1.165, 1.54) is 17.3 Å². The normalized spacial score (nSPS) is 14.9. The Bertz CT molecular complexity index is 1110. The number of likely N-dealkylation sites (tertiary alicyclic amines) is 1. The molecule has 1 aliphatic heterocycles. The SMILES string of the molecule is Nc1nonc1-n1nnc(CN2CCCCC2)c1C(=O)N/N=C\c1ccc(Cl)cc1Cl. The van der Waals surface area contributed by atoms with Crippen LogP contribution >= 0.6 is 23.2 Å². The molecule has 11 nitrogen and oxygen atoms in total. The third-order valence-electron chi connectivity index (χ3n) is 4.81. The summed E-state index contributed by atoms with van der Waals surface area (Å²) < 4.78 is 5.84. The van der Waals surface area contributed by atoms with Gasteiger partial charge in [-0.1, -0.05) is 40.9 Å². The molecule has 3 aromatic rings. The number of halogens is 2. The smallest absolute Gasteiger partial charge is 0.292 e. The molecular formula is C18H19Cl2N9O2. The van der Waals surface area contributed by atoms with Gasteiger partial charge in [-0.15, -0.1) is 5.10 Å². The lowest BCUT2D eigenvalue weighted by Crippen LogP contribution is -2.31. The molecule has 13 heteroatoms. The number of carbonyl (C=O) groups is 1. The van der Waals surface area contributed by atoms with E-state index < -0.39 is 5.91 Å². The van der Waals surface area contributed by atoms with E-state index in [0.717, 1.165) is 25.9 Å². The van der Waals surface area contributed by atoms with Crippen LogP contribution in [0.3, 0.4) is 0 Å². The number of aromatic nitrogens is 5. The first kappa shape index (κ1) is 21.2. The summed E-state index contributed by atoms with van der Waals surface area (Å²) in [7, 11) is 0. The lowest BCUT2D eigenvalue weighted by molar-refractivity contribution is 0.0944. The molecular weight excluding hydrogens is 445 g/mol. The second-order valence-corrected chi connectivity index (χ2v) is 7.82. The van der Waals surface area contributed by atoms with Gasteiger partial charge in [-0.3, -0.25) is 9.69 Å². The Morgan fingerprint density at radius 3 is 2.77 bits per heavy atom. The van der Waals surface area contributed by atoms with E-state index in [4.69, 9.17) is 28.9 Å². The van der Waals surface area contributed by atoms with Crippen molar-refractivity contribution in [2.45, 2.75) is 25.8 Å². The Kier molecular flexibility index (Phi) is 6.44. The molecule has 0 unspecified atom stereocenters. The van der Waals surface area contributed by atoms with Crippen LogP contribution in [0, 0.1) is 0 Å². The second kappa shape index (κ2) is 9.41. The number of hydrogen-bond acceptors (Lipinski definition) is 9. The summed E-state index contributed by atoms with van der Waals surface area (Å²) in [6, 6.07) is 4.95. The number of nitrogens with zero attached hydrogens (tertiary/aromatic N) is 7. The number of nitrogen functional groups attached to an aromatic ring is 1. The van der Waals surface area contributed by atoms with Crippen LogP contribution in [-0.2, 0) is 6.54 Å². The van der Waals surface area contributed by atoms with E-state index in [2.05, 4.69) is 40.7 Å². The fraction of sp³-hybridized carbons (Fsp3) is 0.333. The monoisotopic (exact) mass is 463 g/mol. The molecule has 0 aliphatic carbocycles. The topological polar surface area (TPSA) is 140 Å². The fourth-order valence-electron chi connectivity index (χ4n) is 3.28. The molecule has 0 spiro atoms. The number of piperidine rings is 1. The molecule has 1 aliphatic rings. The molecule has 0 saturated carbocycles. The molecule has 1 fully saturated rings. The molecule has 2 aromatic heterocycles. The van der Waals surface area contributed by atoms with Crippen molar-refractivity contribution in [2.75, 3.05) is 18.8 Å². The average molecular weight is 464 g/mol.